The van der Waals surface area contributed by atoms with Gasteiger partial charge in [0, 0.05) is 43.8 Å². The molecule has 1 aliphatic carbocycles. The molecule has 1 radical (unpaired) electrons. The molecule has 1 aromatic carbocycles. The first-order valence-electron chi connectivity index (χ1n) is 4.22. The molecule has 4 heteroatoms. The van der Waals surface area contributed by atoms with Gasteiger partial charge in [0.05, 0.1) is 0 Å². The van der Waals surface area contributed by atoms with E-state index in [0.717, 1.165) is 17.9 Å². The van der Waals surface area contributed by atoms with Crippen LogP contribution in [0.2, 0.25) is 5.02 Å². The van der Waals surface area contributed by atoms with Crippen LogP contribution in [0.15, 0.2) is 18.2 Å². The summed E-state index contributed by atoms with van der Waals surface area (Å²) in [5, 5.41) is 3.43. The predicted molar refractivity (Wildman–Crippen MR) is 51.3 cm³/mol. The monoisotopic (exact) mass is 283 g/mol. The van der Waals surface area contributed by atoms with E-state index in [1.54, 1.807) is 6.41 Å². The fourth-order valence-electron chi connectivity index (χ4n) is 1.81. The summed E-state index contributed by atoms with van der Waals surface area (Å²) < 4.78 is 0. The Morgan fingerprint density at radius 2 is 2.29 bits per heavy atom. The average molecular weight is 284 g/mol. The van der Waals surface area contributed by atoms with Gasteiger partial charge in [0.2, 0.25) is 0 Å². The van der Waals surface area contributed by atoms with Crippen LogP contribution in [0.3, 0.4) is 0 Å². The Bertz CT molecular complexity index is 343. The Balaban J connectivity index is 0.000000980. The molecule has 14 heavy (non-hydrogen) atoms. The minimum Gasteiger partial charge on any atom is -0.524 e. The van der Waals surface area contributed by atoms with Gasteiger partial charge in [-0.15, -0.1) is 0 Å². The number of nitrogens with one attached hydrogen (secondary N) is 1. The fraction of sp³-hybridized carbons (Fsp3) is 0.300. The van der Waals surface area contributed by atoms with Crippen molar-refractivity contribution >= 4 is 18.0 Å². The molecule has 1 aliphatic rings. The summed E-state index contributed by atoms with van der Waals surface area (Å²) in [6, 6.07) is 5.92. The van der Waals surface area contributed by atoms with Crippen LogP contribution < -0.4 is 5.32 Å². The molecule has 1 unspecified atom stereocenters. The van der Waals surface area contributed by atoms with Crippen LogP contribution in [-0.2, 0) is 43.9 Å². The molecule has 0 bridgehead atoms. The molecule has 0 aliphatic heterocycles. The van der Waals surface area contributed by atoms with Crippen LogP contribution in [0.25, 0.3) is 0 Å². The maximum absolute atomic E-state index is 10.2. The molecule has 1 N–H and O–H groups in total. The molecule has 0 saturated heterocycles. The van der Waals surface area contributed by atoms with Crippen molar-refractivity contribution in [2.75, 3.05) is 0 Å². The third kappa shape index (κ3) is 2.36. The van der Waals surface area contributed by atoms with Crippen LogP contribution in [0, 0.1) is 0 Å². The molecule has 0 fully saturated rings. The van der Waals surface area contributed by atoms with E-state index < -0.39 is 0 Å². The van der Waals surface area contributed by atoms with Gasteiger partial charge >= 0.3 is 0 Å². The third-order valence-corrected chi connectivity index (χ3v) is 2.65. The molecule has 1 amide bonds. The second-order valence-corrected chi connectivity index (χ2v) is 3.62. The van der Waals surface area contributed by atoms with Gasteiger partial charge in [0.15, 0.2) is 0 Å². The van der Waals surface area contributed by atoms with Crippen molar-refractivity contribution in [2.24, 2.45) is 0 Å². The second kappa shape index (κ2) is 5.25. The van der Waals surface area contributed by atoms with Gasteiger partial charge in [-0.3, -0.25) is 0 Å². The molecule has 71 valence electrons. The summed E-state index contributed by atoms with van der Waals surface area (Å²) >= 11 is 5.85. The van der Waals surface area contributed by atoms with Gasteiger partial charge in [-0.05, 0) is 36.1 Å². The van der Waals surface area contributed by atoms with E-state index in [-0.39, 0.29) is 38.8 Å². The molecule has 1 atom stereocenters. The Hall–Kier alpha value is 0.0839. The first-order valence-corrected chi connectivity index (χ1v) is 4.60. The van der Waals surface area contributed by atoms with Gasteiger partial charge in [-0.25, -0.2) is 0 Å². The van der Waals surface area contributed by atoms with E-state index in [9.17, 15) is 4.79 Å². The number of rotatable bonds is 2. The minimum atomic E-state index is 0. The smallest absolute Gasteiger partial charge is 0.0408 e. The zero-order valence-corrected chi connectivity index (χ0v) is 11.2. The molecule has 1 aromatic rings. The average Bonchev–Trinajstić information content (AvgIpc) is 2.49. The van der Waals surface area contributed by atoms with Gasteiger partial charge in [-0.1, -0.05) is 17.7 Å². The molecular weight excluding hydrogens is 274 g/mol. The van der Waals surface area contributed by atoms with E-state index in [2.05, 4.69) is 5.32 Å². The predicted octanol–water partition coefficient (Wildman–Crippen LogP) is 1.98. The zero-order valence-electron chi connectivity index (χ0n) is 7.59. The number of carbonyl (C=O) groups excluding carboxylic acids is 1. The third-order valence-electron chi connectivity index (χ3n) is 2.42. The van der Waals surface area contributed by atoms with Gasteiger partial charge < -0.3 is 10.1 Å². The van der Waals surface area contributed by atoms with E-state index in [4.69, 9.17) is 11.6 Å². The fourth-order valence-corrected chi connectivity index (χ4v) is 2.00. The second-order valence-electron chi connectivity index (χ2n) is 3.18. The zero-order chi connectivity index (χ0) is 9.26. The Morgan fingerprint density at radius 3 is 3.00 bits per heavy atom. The van der Waals surface area contributed by atoms with Crippen LogP contribution in [0.5, 0.6) is 0 Å². The molecule has 0 spiro atoms. The molecule has 0 saturated carbocycles. The van der Waals surface area contributed by atoms with Crippen molar-refractivity contribution in [1.82, 2.24) is 5.32 Å². The molecule has 2 rings (SSSR count). The van der Waals surface area contributed by atoms with Crippen molar-refractivity contribution in [3.05, 3.63) is 34.3 Å². The molecule has 0 aromatic heterocycles. The molecule has 2 nitrogen and oxygen atoms in total. The van der Waals surface area contributed by atoms with Crippen molar-refractivity contribution in [3.63, 3.8) is 0 Å². The maximum atomic E-state index is 10.2. The van der Waals surface area contributed by atoms with Crippen LogP contribution in [0.4, 0.5) is 0 Å². The van der Waals surface area contributed by atoms with E-state index >= 15 is 0 Å². The largest absolute Gasteiger partial charge is 0.524 e. The number of hydrogen-bond acceptors (Lipinski definition) is 1. The van der Waals surface area contributed by atoms with Gasteiger partial charge in [0.1, 0.15) is 0 Å². The Morgan fingerprint density at radius 1 is 1.50 bits per heavy atom. The summed E-state index contributed by atoms with van der Waals surface area (Å²) in [6.45, 7) is 0. The number of aryl methyl sites for hydroxylation is 1. The van der Waals surface area contributed by atoms with Gasteiger partial charge in [-0.2, -0.15) is 6.41 Å². The first kappa shape index (κ1) is 12.2. The normalized spacial score (nSPS) is 18.2. The van der Waals surface area contributed by atoms with Crippen molar-refractivity contribution < 1.29 is 37.5 Å². The van der Waals surface area contributed by atoms with Crippen LogP contribution in [-0.4, -0.2) is 6.41 Å². The summed E-state index contributed by atoms with van der Waals surface area (Å²) in [6.07, 6.45) is 3.66. The molecular formula is C10H9ClNOY-. The topological polar surface area (TPSA) is 29.1 Å². The van der Waals surface area contributed by atoms with Crippen LogP contribution >= 0.6 is 11.6 Å². The quantitative estimate of drug-likeness (QED) is 0.653. The van der Waals surface area contributed by atoms with Crippen LogP contribution in [0.1, 0.15) is 23.6 Å². The van der Waals surface area contributed by atoms with E-state index in [1.807, 2.05) is 18.2 Å². The maximum Gasteiger partial charge on any atom is 0.0408 e. The van der Waals surface area contributed by atoms with Crippen molar-refractivity contribution in [3.8, 4) is 0 Å². The summed E-state index contributed by atoms with van der Waals surface area (Å²) in [5.74, 6) is 0. The number of fused-ring (bicyclic) bond motifs is 1. The first-order chi connectivity index (χ1) is 6.31. The summed E-state index contributed by atoms with van der Waals surface area (Å²) in [4.78, 5) is 10.2. The minimum absolute atomic E-state index is 0. The number of benzene rings is 1. The van der Waals surface area contributed by atoms with Gasteiger partial charge in [0.25, 0.3) is 0 Å². The Kier molecular flexibility index (Phi) is 4.55. The Labute approximate surface area is 113 Å². The van der Waals surface area contributed by atoms with E-state index in [1.165, 1.54) is 11.1 Å². The van der Waals surface area contributed by atoms with Crippen molar-refractivity contribution in [1.29, 1.82) is 0 Å². The summed E-state index contributed by atoms with van der Waals surface area (Å²) in [5.41, 5.74) is 2.41. The number of amides is 1. The number of halogens is 1. The molecule has 0 heterocycles. The van der Waals surface area contributed by atoms with E-state index in [0.29, 0.717) is 0 Å². The van der Waals surface area contributed by atoms with Crippen molar-refractivity contribution in [2.45, 2.75) is 18.9 Å². The number of hydrogen-bond donors (Lipinski definition) is 1. The standard InChI is InChI=1S/C10H9ClNO.Y/c11-8-2-3-9-7(5-8)1-4-10(9)12-6-13;/h2-3,5,10H,1,4H2,(H,12,13);/q-1;. The SMILES string of the molecule is O=[C-]NC1CCc2cc(Cl)ccc21.[Y]. The summed E-state index contributed by atoms with van der Waals surface area (Å²) in [7, 11) is 0.